The molecule has 0 aromatic heterocycles. The Bertz CT molecular complexity index is 581. The van der Waals surface area contributed by atoms with E-state index < -0.39 is 11.8 Å². The topological polar surface area (TPSA) is 63.6 Å². The summed E-state index contributed by atoms with van der Waals surface area (Å²) in [5.74, 6) is -1.93. The van der Waals surface area contributed by atoms with E-state index in [4.69, 9.17) is 5.11 Å². The van der Waals surface area contributed by atoms with Gasteiger partial charge in [0.25, 0.3) is 0 Å². The zero-order valence-corrected chi connectivity index (χ0v) is 10.7. The molecule has 0 aliphatic rings. The van der Waals surface area contributed by atoms with Crippen molar-refractivity contribution in [1.82, 2.24) is 0 Å². The highest BCUT2D eigenvalue weighted by atomic mass is 19.1. The van der Waals surface area contributed by atoms with E-state index in [-0.39, 0.29) is 11.5 Å². The van der Waals surface area contributed by atoms with Crippen LogP contribution in [0.5, 0.6) is 0 Å². The molecule has 0 radical (unpaired) electrons. The number of hydrogen-bond donors (Lipinski definition) is 1. The van der Waals surface area contributed by atoms with Crippen LogP contribution in [0.4, 0.5) is 4.39 Å². The predicted octanol–water partition coefficient (Wildman–Crippen LogP) is 3.00. The molecular weight excluding hydrogens is 263 g/mol. The Kier molecular flexibility index (Phi) is 5.90. The molecule has 20 heavy (non-hydrogen) atoms. The first-order valence-corrected chi connectivity index (χ1v) is 5.67. The summed E-state index contributed by atoms with van der Waals surface area (Å²) in [6, 6.07) is 13.8. The van der Waals surface area contributed by atoms with Crippen LogP contribution in [0, 0.1) is 5.82 Å². The zero-order chi connectivity index (χ0) is 15.0. The Morgan fingerprint density at radius 3 is 2.05 bits per heavy atom. The van der Waals surface area contributed by atoms with Gasteiger partial charge in [0, 0.05) is 0 Å². The lowest BCUT2D eigenvalue weighted by molar-refractivity contribution is 0.0600. The summed E-state index contributed by atoms with van der Waals surface area (Å²) in [4.78, 5) is 21.0. The monoisotopic (exact) mass is 276 g/mol. The van der Waals surface area contributed by atoms with Gasteiger partial charge in [0.2, 0.25) is 0 Å². The summed E-state index contributed by atoms with van der Waals surface area (Å²) in [5, 5.41) is 8.34. The van der Waals surface area contributed by atoms with Crippen molar-refractivity contribution in [2.75, 3.05) is 7.11 Å². The molecule has 0 aliphatic carbocycles. The largest absolute Gasteiger partial charge is 0.478 e. The third-order valence-corrected chi connectivity index (χ3v) is 2.27. The number of ether oxygens (including phenoxy) is 1. The van der Waals surface area contributed by atoms with E-state index in [1.54, 1.807) is 24.3 Å². The number of carboxylic acid groups (broad SMARTS) is 1. The second-order valence-corrected chi connectivity index (χ2v) is 3.67. The molecule has 0 bridgehead atoms. The van der Waals surface area contributed by atoms with Crippen LogP contribution < -0.4 is 0 Å². The van der Waals surface area contributed by atoms with E-state index in [0.717, 1.165) is 6.07 Å². The summed E-state index contributed by atoms with van der Waals surface area (Å²) in [6.45, 7) is 0. The maximum Gasteiger partial charge on any atom is 0.337 e. The van der Waals surface area contributed by atoms with Crippen molar-refractivity contribution < 1.29 is 23.8 Å². The predicted molar refractivity (Wildman–Crippen MR) is 71.1 cm³/mol. The van der Waals surface area contributed by atoms with Crippen LogP contribution in [0.2, 0.25) is 0 Å². The van der Waals surface area contributed by atoms with Crippen molar-refractivity contribution in [2.24, 2.45) is 0 Å². The van der Waals surface area contributed by atoms with Crippen molar-refractivity contribution in [3.05, 3.63) is 71.5 Å². The molecule has 2 aromatic carbocycles. The number of esters is 1. The lowest BCUT2D eigenvalue weighted by Crippen LogP contribution is -1.99. The number of carbonyl (C=O) groups excluding carboxylic acids is 1. The molecule has 104 valence electrons. The quantitative estimate of drug-likeness (QED) is 0.856. The van der Waals surface area contributed by atoms with Crippen LogP contribution in [0.3, 0.4) is 0 Å². The Morgan fingerprint density at radius 2 is 1.60 bits per heavy atom. The molecule has 0 amide bonds. The minimum atomic E-state index is -1.11. The molecule has 0 unspecified atom stereocenters. The van der Waals surface area contributed by atoms with Crippen LogP contribution in [-0.2, 0) is 4.74 Å². The summed E-state index contributed by atoms with van der Waals surface area (Å²) in [6.07, 6.45) is 0. The fraction of sp³-hybridized carbons (Fsp3) is 0.0667. The van der Waals surface area contributed by atoms with Gasteiger partial charge in [-0.05, 0) is 30.3 Å². The molecule has 4 nitrogen and oxygen atoms in total. The zero-order valence-electron chi connectivity index (χ0n) is 10.7. The molecule has 0 saturated carbocycles. The Morgan fingerprint density at radius 1 is 1.00 bits per heavy atom. The molecule has 0 spiro atoms. The Labute approximate surface area is 115 Å². The van der Waals surface area contributed by atoms with Gasteiger partial charge < -0.3 is 9.84 Å². The molecule has 0 fully saturated rings. The highest BCUT2D eigenvalue weighted by Crippen LogP contribution is 2.02. The average Bonchev–Trinajstić information content (AvgIpc) is 2.48. The molecule has 5 heteroatoms. The number of halogens is 1. The molecule has 1 N–H and O–H groups in total. The number of aromatic carboxylic acids is 1. The van der Waals surface area contributed by atoms with Crippen molar-refractivity contribution in [3.63, 3.8) is 0 Å². The molecule has 2 aromatic rings. The van der Waals surface area contributed by atoms with Gasteiger partial charge in [-0.25, -0.2) is 14.0 Å². The highest BCUT2D eigenvalue weighted by molar-refractivity contribution is 5.89. The van der Waals surface area contributed by atoms with Crippen LogP contribution >= 0.6 is 0 Å². The van der Waals surface area contributed by atoms with Crippen LogP contribution in [-0.4, -0.2) is 24.2 Å². The van der Waals surface area contributed by atoms with Gasteiger partial charge in [0.15, 0.2) is 0 Å². The van der Waals surface area contributed by atoms with Gasteiger partial charge in [0.05, 0.1) is 18.2 Å². The SMILES string of the molecule is COC(=O)c1ccccc1.O=C(O)c1cccc(F)c1. The molecule has 0 heterocycles. The van der Waals surface area contributed by atoms with Gasteiger partial charge in [-0.15, -0.1) is 0 Å². The van der Waals surface area contributed by atoms with Crippen molar-refractivity contribution in [1.29, 1.82) is 0 Å². The van der Waals surface area contributed by atoms with Gasteiger partial charge in [-0.2, -0.15) is 0 Å². The smallest absolute Gasteiger partial charge is 0.337 e. The normalized spacial score (nSPS) is 9.10. The molecule has 2 rings (SSSR count). The molecule has 0 saturated heterocycles. The van der Waals surface area contributed by atoms with E-state index in [1.807, 2.05) is 6.07 Å². The fourth-order valence-electron chi connectivity index (χ4n) is 1.31. The number of rotatable bonds is 2. The second kappa shape index (κ2) is 7.68. The van der Waals surface area contributed by atoms with Gasteiger partial charge in [0.1, 0.15) is 5.82 Å². The molecular formula is C15H13FO4. The van der Waals surface area contributed by atoms with E-state index in [1.165, 1.54) is 25.3 Å². The van der Waals surface area contributed by atoms with Crippen LogP contribution in [0.15, 0.2) is 54.6 Å². The van der Waals surface area contributed by atoms with Crippen molar-refractivity contribution >= 4 is 11.9 Å². The van der Waals surface area contributed by atoms with E-state index >= 15 is 0 Å². The minimum absolute atomic E-state index is 0.0278. The van der Waals surface area contributed by atoms with Gasteiger partial charge >= 0.3 is 11.9 Å². The Balaban J connectivity index is 0.000000200. The van der Waals surface area contributed by atoms with Crippen LogP contribution in [0.1, 0.15) is 20.7 Å². The lowest BCUT2D eigenvalue weighted by atomic mass is 10.2. The van der Waals surface area contributed by atoms with Crippen molar-refractivity contribution in [3.8, 4) is 0 Å². The van der Waals surface area contributed by atoms with Crippen LogP contribution in [0.25, 0.3) is 0 Å². The summed E-state index contributed by atoms with van der Waals surface area (Å²) in [7, 11) is 1.37. The maximum atomic E-state index is 12.3. The van der Waals surface area contributed by atoms with Gasteiger partial charge in [-0.3, -0.25) is 0 Å². The lowest BCUT2D eigenvalue weighted by Gasteiger charge is -1.95. The number of benzene rings is 2. The van der Waals surface area contributed by atoms with Gasteiger partial charge in [-0.1, -0.05) is 24.3 Å². The third kappa shape index (κ3) is 4.89. The number of hydrogen-bond acceptors (Lipinski definition) is 3. The number of carboxylic acids is 1. The van der Waals surface area contributed by atoms with E-state index in [0.29, 0.717) is 5.56 Å². The second-order valence-electron chi connectivity index (χ2n) is 3.67. The fourth-order valence-corrected chi connectivity index (χ4v) is 1.31. The maximum absolute atomic E-state index is 12.3. The first kappa shape index (κ1) is 15.4. The first-order chi connectivity index (χ1) is 9.54. The summed E-state index contributed by atoms with van der Waals surface area (Å²) >= 11 is 0. The standard InChI is InChI=1S/C8H8O2.C7H5FO2/c1-10-8(9)7-5-3-2-4-6-7;8-6-3-1-2-5(4-6)7(9)10/h2-6H,1H3;1-4H,(H,9,10). The molecule has 0 aliphatic heterocycles. The molecule has 0 atom stereocenters. The Hall–Kier alpha value is -2.69. The number of carbonyl (C=O) groups is 2. The first-order valence-electron chi connectivity index (χ1n) is 5.67. The van der Waals surface area contributed by atoms with E-state index in [9.17, 15) is 14.0 Å². The number of methoxy groups -OCH3 is 1. The summed E-state index contributed by atoms with van der Waals surface area (Å²) < 4.78 is 16.8. The summed E-state index contributed by atoms with van der Waals surface area (Å²) in [5.41, 5.74) is 0.560. The average molecular weight is 276 g/mol. The van der Waals surface area contributed by atoms with Crippen molar-refractivity contribution in [2.45, 2.75) is 0 Å². The third-order valence-electron chi connectivity index (χ3n) is 2.27. The minimum Gasteiger partial charge on any atom is -0.478 e. The van der Waals surface area contributed by atoms with E-state index in [2.05, 4.69) is 4.74 Å². The highest BCUT2D eigenvalue weighted by Gasteiger charge is 2.01.